The molecule has 0 spiro atoms. The molecule has 0 bridgehead atoms. The van der Waals surface area contributed by atoms with Gasteiger partial charge in [-0.1, -0.05) is 41.4 Å². The van der Waals surface area contributed by atoms with Crippen LogP contribution in [0.2, 0.25) is 10.0 Å². The Labute approximate surface area is 140 Å². The minimum absolute atomic E-state index is 0.145. The van der Waals surface area contributed by atoms with Crippen molar-refractivity contribution in [3.05, 3.63) is 63.6 Å². The van der Waals surface area contributed by atoms with Crippen LogP contribution in [0, 0.1) is 0 Å². The molecule has 5 heteroatoms. The van der Waals surface area contributed by atoms with Crippen LogP contribution in [0.15, 0.2) is 47.5 Å². The van der Waals surface area contributed by atoms with Crippen molar-refractivity contribution in [2.24, 2.45) is 4.99 Å². The monoisotopic (exact) mass is 337 g/mol. The summed E-state index contributed by atoms with van der Waals surface area (Å²) in [6, 6.07) is 12.8. The Hall–Kier alpha value is -1.55. The van der Waals surface area contributed by atoms with Gasteiger partial charge in [-0.3, -0.25) is 4.99 Å². The summed E-state index contributed by atoms with van der Waals surface area (Å²) in [4.78, 5) is 5.70. The number of halogens is 2. The highest BCUT2D eigenvalue weighted by atomic mass is 35.5. The zero-order valence-corrected chi connectivity index (χ0v) is 14.1. The molecule has 3 nitrogen and oxygen atoms in total. The standard InChI is InChI=1S/C17H18Cl2N2O/c1-21(2)16(14-5-3-4-6-15(14)19)11-20-10-12-9-13(18)7-8-17(12)22/h3-10,16,22H,11H2,1-2H3/p+1/t16-/m1/s1. The van der Waals surface area contributed by atoms with Crippen molar-refractivity contribution in [2.45, 2.75) is 6.04 Å². The van der Waals surface area contributed by atoms with Gasteiger partial charge < -0.3 is 10.0 Å². The average molecular weight is 338 g/mol. The molecular weight excluding hydrogens is 319 g/mol. The largest absolute Gasteiger partial charge is 0.507 e. The number of quaternary nitrogens is 1. The number of hydrogen-bond donors (Lipinski definition) is 2. The third-order valence-electron chi connectivity index (χ3n) is 3.49. The number of aliphatic imine (C=N–C) groups is 1. The third kappa shape index (κ3) is 4.23. The molecule has 1 atom stereocenters. The van der Waals surface area contributed by atoms with Crippen molar-refractivity contribution < 1.29 is 10.0 Å². The molecule has 0 aliphatic heterocycles. The average Bonchev–Trinajstić information content (AvgIpc) is 2.48. The van der Waals surface area contributed by atoms with E-state index in [2.05, 4.69) is 19.1 Å². The summed E-state index contributed by atoms with van der Waals surface area (Å²) in [7, 11) is 4.14. The molecule has 22 heavy (non-hydrogen) atoms. The molecule has 0 aliphatic rings. The highest BCUT2D eigenvalue weighted by molar-refractivity contribution is 6.31. The van der Waals surface area contributed by atoms with Crippen molar-refractivity contribution in [1.82, 2.24) is 0 Å². The topological polar surface area (TPSA) is 37.0 Å². The summed E-state index contributed by atoms with van der Waals surface area (Å²) >= 11 is 12.2. The summed E-state index contributed by atoms with van der Waals surface area (Å²) in [6.07, 6.45) is 1.65. The first-order valence-electron chi connectivity index (χ1n) is 7.02. The van der Waals surface area contributed by atoms with Gasteiger partial charge in [0, 0.05) is 27.4 Å². The molecule has 0 aliphatic carbocycles. The Kier molecular flexibility index (Phi) is 5.83. The van der Waals surface area contributed by atoms with Crippen LogP contribution >= 0.6 is 23.2 Å². The van der Waals surface area contributed by atoms with Crippen LogP contribution in [0.5, 0.6) is 5.75 Å². The summed E-state index contributed by atoms with van der Waals surface area (Å²) in [6.45, 7) is 0.567. The Balaban J connectivity index is 2.18. The van der Waals surface area contributed by atoms with Gasteiger partial charge in [-0.2, -0.15) is 0 Å². The predicted molar refractivity (Wildman–Crippen MR) is 92.6 cm³/mol. The van der Waals surface area contributed by atoms with Gasteiger partial charge in [0.15, 0.2) is 0 Å². The Morgan fingerprint density at radius 3 is 2.59 bits per heavy atom. The molecule has 0 unspecified atom stereocenters. The highest BCUT2D eigenvalue weighted by Crippen LogP contribution is 2.22. The Morgan fingerprint density at radius 1 is 1.18 bits per heavy atom. The van der Waals surface area contributed by atoms with Gasteiger partial charge in [-0.05, 0) is 24.3 Å². The molecule has 2 aromatic carbocycles. The van der Waals surface area contributed by atoms with E-state index in [1.165, 1.54) is 4.90 Å². The second-order valence-electron chi connectivity index (χ2n) is 5.35. The summed E-state index contributed by atoms with van der Waals surface area (Å²) in [5.74, 6) is 0.166. The Morgan fingerprint density at radius 2 is 1.91 bits per heavy atom. The van der Waals surface area contributed by atoms with Gasteiger partial charge in [0.25, 0.3) is 0 Å². The van der Waals surface area contributed by atoms with Crippen LogP contribution in [-0.2, 0) is 0 Å². The molecule has 0 heterocycles. The molecule has 0 saturated heterocycles. The van der Waals surface area contributed by atoms with Crippen LogP contribution in [0.4, 0.5) is 0 Å². The molecule has 0 aromatic heterocycles. The van der Waals surface area contributed by atoms with Crippen LogP contribution in [-0.4, -0.2) is 32.0 Å². The lowest BCUT2D eigenvalue weighted by Crippen LogP contribution is -3.06. The second-order valence-corrected chi connectivity index (χ2v) is 6.19. The lowest BCUT2D eigenvalue weighted by molar-refractivity contribution is -0.890. The number of aromatic hydroxyl groups is 1. The second kappa shape index (κ2) is 7.63. The number of likely N-dealkylation sites (N-methyl/N-ethyl adjacent to an activating group) is 1. The quantitative estimate of drug-likeness (QED) is 0.808. The maximum absolute atomic E-state index is 9.79. The maximum atomic E-state index is 9.79. The van der Waals surface area contributed by atoms with Crippen molar-refractivity contribution in [3.63, 3.8) is 0 Å². The molecule has 116 valence electrons. The van der Waals surface area contributed by atoms with E-state index in [-0.39, 0.29) is 11.8 Å². The van der Waals surface area contributed by atoms with Crippen LogP contribution in [0.25, 0.3) is 0 Å². The highest BCUT2D eigenvalue weighted by Gasteiger charge is 2.19. The normalized spacial score (nSPS) is 13.0. The predicted octanol–water partition coefficient (Wildman–Crippen LogP) is 3.00. The Bertz CT molecular complexity index is 671. The fourth-order valence-electron chi connectivity index (χ4n) is 2.23. The number of phenolic OH excluding ortho intramolecular Hbond substituents is 1. The summed E-state index contributed by atoms with van der Waals surface area (Å²) in [5.41, 5.74) is 1.68. The third-order valence-corrected chi connectivity index (χ3v) is 4.06. The van der Waals surface area contributed by atoms with Gasteiger partial charge in [0.1, 0.15) is 11.8 Å². The number of nitrogens with zero attached hydrogens (tertiary/aromatic N) is 1. The zero-order valence-electron chi connectivity index (χ0n) is 12.6. The fourth-order valence-corrected chi connectivity index (χ4v) is 2.68. The van der Waals surface area contributed by atoms with Crippen LogP contribution < -0.4 is 4.90 Å². The molecule has 2 aromatic rings. The van der Waals surface area contributed by atoms with Gasteiger partial charge >= 0.3 is 0 Å². The lowest BCUT2D eigenvalue weighted by atomic mass is 10.1. The molecule has 0 amide bonds. The smallest absolute Gasteiger partial charge is 0.134 e. The first kappa shape index (κ1) is 16.8. The number of nitrogens with one attached hydrogen (secondary N) is 1. The lowest BCUT2D eigenvalue weighted by Gasteiger charge is -2.21. The maximum Gasteiger partial charge on any atom is 0.134 e. The van der Waals surface area contributed by atoms with E-state index in [4.69, 9.17) is 23.2 Å². The minimum atomic E-state index is 0.145. The summed E-state index contributed by atoms with van der Waals surface area (Å²) in [5, 5.41) is 11.1. The van der Waals surface area contributed by atoms with E-state index in [0.29, 0.717) is 17.1 Å². The number of benzene rings is 2. The fraction of sp³-hybridized carbons (Fsp3) is 0.235. The van der Waals surface area contributed by atoms with Crippen LogP contribution in [0.3, 0.4) is 0 Å². The van der Waals surface area contributed by atoms with E-state index in [0.717, 1.165) is 10.6 Å². The van der Waals surface area contributed by atoms with E-state index >= 15 is 0 Å². The number of phenols is 1. The molecule has 2 rings (SSSR count). The van der Waals surface area contributed by atoms with E-state index < -0.39 is 0 Å². The molecule has 0 saturated carbocycles. The van der Waals surface area contributed by atoms with E-state index in [1.54, 1.807) is 24.4 Å². The van der Waals surface area contributed by atoms with Gasteiger partial charge in [-0.15, -0.1) is 0 Å². The molecule has 0 radical (unpaired) electrons. The first-order valence-corrected chi connectivity index (χ1v) is 7.77. The van der Waals surface area contributed by atoms with Crippen molar-refractivity contribution in [3.8, 4) is 5.75 Å². The van der Waals surface area contributed by atoms with E-state index in [9.17, 15) is 5.11 Å². The van der Waals surface area contributed by atoms with Crippen LogP contribution in [0.1, 0.15) is 17.2 Å². The number of rotatable bonds is 5. The minimum Gasteiger partial charge on any atom is -0.507 e. The van der Waals surface area contributed by atoms with Gasteiger partial charge in [-0.25, -0.2) is 0 Å². The van der Waals surface area contributed by atoms with Crippen molar-refractivity contribution in [1.29, 1.82) is 0 Å². The first-order chi connectivity index (χ1) is 10.5. The zero-order chi connectivity index (χ0) is 16.1. The molecule has 2 N–H and O–H groups in total. The molecule has 0 fully saturated rings. The number of hydrogen-bond acceptors (Lipinski definition) is 2. The molecular formula is C17H19Cl2N2O+. The SMILES string of the molecule is C[NH+](C)[C@H](CN=Cc1cc(Cl)ccc1O)c1ccccc1Cl. The van der Waals surface area contributed by atoms with Gasteiger partial charge in [0.05, 0.1) is 20.6 Å². The van der Waals surface area contributed by atoms with Crippen molar-refractivity contribution >= 4 is 29.4 Å². The van der Waals surface area contributed by atoms with Crippen molar-refractivity contribution in [2.75, 3.05) is 20.6 Å². The van der Waals surface area contributed by atoms with E-state index in [1.807, 2.05) is 24.3 Å². The van der Waals surface area contributed by atoms with Gasteiger partial charge in [0.2, 0.25) is 0 Å². The summed E-state index contributed by atoms with van der Waals surface area (Å²) < 4.78 is 0.